The third-order valence-electron chi connectivity index (χ3n) is 11.3. The van der Waals surface area contributed by atoms with Gasteiger partial charge in [0, 0.05) is 0 Å². The molecular weight excluding hydrogens is 1080 g/mol. The first-order chi connectivity index (χ1) is 36.1. The molecule has 9 rings (SSSR count). The summed E-state index contributed by atoms with van der Waals surface area (Å²) in [6, 6.07) is 80.4. The summed E-state index contributed by atoms with van der Waals surface area (Å²) >= 11 is 0. The summed E-state index contributed by atoms with van der Waals surface area (Å²) in [5.74, 6) is 0. The van der Waals surface area contributed by atoms with E-state index in [1.165, 1.54) is 94.1 Å². The van der Waals surface area contributed by atoms with Gasteiger partial charge in [0.05, 0.1) is 32.7 Å². The minimum absolute atomic E-state index is 0.0394. The van der Waals surface area contributed by atoms with Crippen LogP contribution in [0.2, 0.25) is 0 Å². The molecule has 0 saturated carbocycles. The van der Waals surface area contributed by atoms with E-state index in [4.69, 9.17) is 14.4 Å². The summed E-state index contributed by atoms with van der Waals surface area (Å²) in [6.45, 7) is 19.2. The van der Waals surface area contributed by atoms with Crippen molar-refractivity contribution in [2.24, 2.45) is 0 Å². The van der Waals surface area contributed by atoms with E-state index >= 15 is 0 Å². The van der Waals surface area contributed by atoms with Gasteiger partial charge in [-0.2, -0.15) is 0 Å². The Bertz CT molecular complexity index is 2590. The van der Waals surface area contributed by atoms with Crippen molar-refractivity contribution in [3.63, 3.8) is 0 Å². The van der Waals surface area contributed by atoms with Gasteiger partial charge in [-0.3, -0.25) is 0 Å². The maximum Gasteiger partial charge on any atom is 0.276 e. The Morgan fingerprint density at radius 1 is 0.247 bits per heavy atom. The average molecular weight is 1140 g/mol. The normalized spacial score (nSPS) is 11.8. The molecule has 0 spiro atoms. The molecule has 0 amide bonds. The molecule has 402 valence electrons. The maximum absolute atomic E-state index is 10.7. The molecule has 0 radical (unpaired) electrons. The van der Waals surface area contributed by atoms with Crippen LogP contribution in [-0.2, 0) is 37.2 Å². The van der Waals surface area contributed by atoms with Crippen LogP contribution in [0.4, 0.5) is 25.2 Å². The molecule has 0 bridgehead atoms. The molecule has 3 nitrogen and oxygen atoms in total. The zero-order chi connectivity index (χ0) is 56.6. The number of hydrogen-bond donors (Lipinski definition) is 0. The first kappa shape index (κ1) is 61.9. The molecule has 0 N–H and O–H groups in total. The van der Waals surface area contributed by atoms with Crippen LogP contribution >= 0.6 is 16.1 Å². The Morgan fingerprint density at radius 2 is 0.312 bits per heavy atom. The Balaban J connectivity index is 0.000000194. The first-order valence-electron chi connectivity index (χ1n) is 24.3. The Hall–Kier alpha value is -5.94. The SMILES string of the molecule is Cc1ccc([S+](c2ccc(C)cc2)c2ccc(C)cc2)cc1.Cc1ccc([S+](c2ccc(C)cc2)c2ccc(C)cc2)cc1.Cc1ccc([S+](c2ccc(C)cc2)c2ccc(C)cc2)cc1.F[P-](F)(F)(F)(F)F.O=[P+]([O-])[O-]. The van der Waals surface area contributed by atoms with Gasteiger partial charge in [-0.1, -0.05) is 164 Å². The van der Waals surface area contributed by atoms with Crippen molar-refractivity contribution >= 4 is 48.7 Å². The van der Waals surface area contributed by atoms with Gasteiger partial charge in [0.15, 0.2) is 44.1 Å². The quantitative estimate of drug-likeness (QED) is 0.0822. The van der Waals surface area contributed by atoms with Crippen LogP contribution in [-0.4, -0.2) is 0 Å². The molecule has 0 unspecified atom stereocenters. The molecule has 0 aromatic heterocycles. The monoisotopic (exact) mass is 1140 g/mol. The minimum atomic E-state index is -10.7. The molecule has 14 heteroatoms. The van der Waals surface area contributed by atoms with Crippen LogP contribution in [0.15, 0.2) is 262 Å². The van der Waals surface area contributed by atoms with Gasteiger partial charge < -0.3 is 9.79 Å². The fourth-order valence-corrected chi connectivity index (χ4v) is 13.4. The summed E-state index contributed by atoms with van der Waals surface area (Å²) in [7, 11) is -14.1. The van der Waals surface area contributed by atoms with E-state index in [-0.39, 0.29) is 32.7 Å². The molecule has 0 fully saturated rings. The summed E-state index contributed by atoms with van der Waals surface area (Å²) in [5, 5.41) is 0. The number of rotatable bonds is 9. The van der Waals surface area contributed by atoms with Gasteiger partial charge in [-0.25, -0.2) is 0 Å². The zero-order valence-electron chi connectivity index (χ0n) is 44.4. The van der Waals surface area contributed by atoms with E-state index in [9.17, 15) is 25.2 Å². The maximum atomic E-state index is 9.87. The van der Waals surface area contributed by atoms with Crippen LogP contribution in [0.25, 0.3) is 0 Å². The molecule has 0 atom stereocenters. The van der Waals surface area contributed by atoms with Gasteiger partial charge >= 0.3 is 33.0 Å². The van der Waals surface area contributed by atoms with Crippen molar-refractivity contribution in [2.75, 3.05) is 0 Å². The molecule has 0 heterocycles. The van der Waals surface area contributed by atoms with Gasteiger partial charge in [0.25, 0.3) is 8.25 Å². The molecule has 77 heavy (non-hydrogen) atoms. The molecule has 0 aliphatic heterocycles. The molecule has 9 aromatic rings. The fraction of sp³-hybridized carbons (Fsp3) is 0.143. The number of hydrogen-bond acceptors (Lipinski definition) is 3. The first-order valence-corrected chi connectivity index (χ1v) is 31.1. The van der Waals surface area contributed by atoms with Crippen LogP contribution in [0, 0.1) is 62.3 Å². The number of benzene rings is 9. The van der Waals surface area contributed by atoms with E-state index < -0.39 is 16.1 Å². The average Bonchev–Trinajstić information content (AvgIpc) is 3.37. The number of halogens is 6. The molecular formula is C63H63F6O3P2S3+. The third kappa shape index (κ3) is 22.5. The van der Waals surface area contributed by atoms with Crippen molar-refractivity contribution in [2.45, 2.75) is 106 Å². The second-order valence-electron chi connectivity index (χ2n) is 18.4. The predicted octanol–water partition coefficient (Wildman–Crippen LogP) is 18.9. The Labute approximate surface area is 460 Å². The van der Waals surface area contributed by atoms with E-state index in [0.29, 0.717) is 0 Å². The molecule has 0 aliphatic rings. The van der Waals surface area contributed by atoms with Crippen molar-refractivity contribution < 1.29 is 39.5 Å². The Morgan fingerprint density at radius 3 is 0.377 bits per heavy atom. The van der Waals surface area contributed by atoms with Crippen LogP contribution in [0.5, 0.6) is 0 Å². The van der Waals surface area contributed by atoms with Gasteiger partial charge in [-0.05, 0) is 172 Å². The summed E-state index contributed by atoms with van der Waals surface area (Å²) < 4.78 is 67.7. The third-order valence-corrected chi connectivity index (χ3v) is 18.0. The van der Waals surface area contributed by atoms with Crippen LogP contribution in [0.1, 0.15) is 50.1 Å². The largest absolute Gasteiger partial charge is 0.598 e. The summed E-state index contributed by atoms with van der Waals surface area (Å²) in [6.07, 6.45) is 0. The van der Waals surface area contributed by atoms with E-state index in [0.717, 1.165) is 0 Å². The smallest absolute Gasteiger partial charge is 0.276 e. The summed E-state index contributed by atoms with van der Waals surface area (Å²) in [4.78, 5) is 29.3. The van der Waals surface area contributed by atoms with Gasteiger partial charge in [-0.15, -0.1) is 0 Å². The predicted molar refractivity (Wildman–Crippen MR) is 308 cm³/mol. The molecule has 9 aromatic carbocycles. The summed E-state index contributed by atoms with van der Waals surface area (Å²) in [5.41, 5.74) is 11.8. The van der Waals surface area contributed by atoms with Gasteiger partial charge in [0.1, 0.15) is 0 Å². The molecule has 0 aliphatic carbocycles. The van der Waals surface area contributed by atoms with Crippen molar-refractivity contribution in [3.8, 4) is 0 Å². The van der Waals surface area contributed by atoms with Crippen molar-refractivity contribution in [3.05, 3.63) is 268 Å². The van der Waals surface area contributed by atoms with Gasteiger partial charge in [0.2, 0.25) is 0 Å². The second-order valence-corrected chi connectivity index (χ2v) is 26.9. The van der Waals surface area contributed by atoms with Crippen molar-refractivity contribution in [1.29, 1.82) is 0 Å². The molecule has 0 saturated heterocycles. The zero-order valence-corrected chi connectivity index (χ0v) is 48.6. The van der Waals surface area contributed by atoms with Crippen LogP contribution < -0.4 is 9.79 Å². The standard InChI is InChI=1S/3C21H21S.F6P.HO3P/c3*1-16-4-10-19(11-5-16)22(20-12-6-17(2)7-13-20)21-14-8-18(3)9-15-21;1-7(2,3,4,5)6;1-4(2)3/h3*4-15H,1-3H3;;(H,1,2,3)/q3*+1;-1;/p-1. The Kier molecular flexibility index (Phi) is 21.8. The van der Waals surface area contributed by atoms with Crippen molar-refractivity contribution in [1.82, 2.24) is 0 Å². The van der Waals surface area contributed by atoms with E-state index in [1.54, 1.807) is 0 Å². The van der Waals surface area contributed by atoms with E-state index in [1.807, 2.05) is 0 Å². The van der Waals surface area contributed by atoms with Crippen LogP contribution in [0.3, 0.4) is 0 Å². The topological polar surface area (TPSA) is 63.2 Å². The second kappa shape index (κ2) is 27.1. The number of aryl methyl sites for hydroxylation is 9. The van der Waals surface area contributed by atoms with E-state index in [2.05, 4.69) is 281 Å². The fourth-order valence-electron chi connectivity index (χ4n) is 7.29. The minimum Gasteiger partial charge on any atom is -0.598 e.